The van der Waals surface area contributed by atoms with Crippen LogP contribution in [0.25, 0.3) is 0 Å². The van der Waals surface area contributed by atoms with Crippen molar-refractivity contribution in [1.82, 2.24) is 9.80 Å². The number of hydrogen-bond acceptors (Lipinski definition) is 7. The highest BCUT2D eigenvalue weighted by molar-refractivity contribution is 7.89. The SMILES string of the molecule is COc1ccc(S(N)(=O)=O)cc1C(=O)OC(C)C(=O)N1CCN(Cc2ccccc2)CC1. The van der Waals surface area contributed by atoms with E-state index in [1.165, 1.54) is 31.7 Å². The molecule has 0 spiro atoms. The molecule has 1 amide bonds. The molecule has 172 valence electrons. The van der Waals surface area contributed by atoms with Crippen molar-refractivity contribution >= 4 is 21.9 Å². The van der Waals surface area contributed by atoms with Crippen LogP contribution < -0.4 is 9.88 Å². The van der Waals surface area contributed by atoms with E-state index < -0.39 is 22.1 Å². The highest BCUT2D eigenvalue weighted by Crippen LogP contribution is 2.23. The Morgan fingerprint density at radius 3 is 2.31 bits per heavy atom. The fourth-order valence-corrected chi connectivity index (χ4v) is 4.06. The van der Waals surface area contributed by atoms with Gasteiger partial charge in [0, 0.05) is 32.7 Å². The molecule has 2 aromatic carbocycles. The summed E-state index contributed by atoms with van der Waals surface area (Å²) in [6.07, 6.45) is -1.04. The molecule has 0 radical (unpaired) electrons. The van der Waals surface area contributed by atoms with E-state index in [9.17, 15) is 18.0 Å². The Kier molecular flexibility index (Phi) is 7.49. The fraction of sp³-hybridized carbons (Fsp3) is 0.364. The molecule has 1 heterocycles. The highest BCUT2D eigenvalue weighted by Gasteiger charge is 2.28. The molecular formula is C22H27N3O6S. The Bertz CT molecular complexity index is 1070. The first kappa shape index (κ1) is 23.7. The number of ether oxygens (including phenoxy) is 2. The Hall–Kier alpha value is -2.95. The van der Waals surface area contributed by atoms with Crippen molar-refractivity contribution in [2.24, 2.45) is 5.14 Å². The molecule has 0 aromatic heterocycles. The van der Waals surface area contributed by atoms with E-state index in [4.69, 9.17) is 14.6 Å². The van der Waals surface area contributed by atoms with Crippen molar-refractivity contribution in [2.45, 2.75) is 24.5 Å². The predicted molar refractivity (Wildman–Crippen MR) is 118 cm³/mol. The molecule has 1 unspecified atom stereocenters. The Labute approximate surface area is 187 Å². The number of sulfonamides is 1. The van der Waals surface area contributed by atoms with Crippen LogP contribution in [0.5, 0.6) is 5.75 Å². The van der Waals surface area contributed by atoms with E-state index in [1.54, 1.807) is 4.90 Å². The molecule has 2 N–H and O–H groups in total. The van der Waals surface area contributed by atoms with Crippen molar-refractivity contribution in [3.8, 4) is 5.75 Å². The summed E-state index contributed by atoms with van der Waals surface area (Å²) in [6, 6.07) is 13.7. The first-order valence-electron chi connectivity index (χ1n) is 10.2. The van der Waals surface area contributed by atoms with Gasteiger partial charge in [0.1, 0.15) is 11.3 Å². The third kappa shape index (κ3) is 5.84. The lowest BCUT2D eigenvalue weighted by molar-refractivity contribution is -0.141. The number of benzene rings is 2. The van der Waals surface area contributed by atoms with E-state index in [-0.39, 0.29) is 22.1 Å². The lowest BCUT2D eigenvalue weighted by Gasteiger charge is -2.35. The van der Waals surface area contributed by atoms with Gasteiger partial charge in [-0.1, -0.05) is 30.3 Å². The van der Waals surface area contributed by atoms with Crippen LogP contribution in [0.2, 0.25) is 0 Å². The van der Waals surface area contributed by atoms with Crippen LogP contribution in [0.3, 0.4) is 0 Å². The van der Waals surface area contributed by atoms with Crippen molar-refractivity contribution in [3.63, 3.8) is 0 Å². The van der Waals surface area contributed by atoms with Crippen LogP contribution >= 0.6 is 0 Å². The van der Waals surface area contributed by atoms with E-state index in [2.05, 4.69) is 17.0 Å². The maximum absolute atomic E-state index is 12.8. The number of carbonyl (C=O) groups is 2. The van der Waals surface area contributed by atoms with Crippen molar-refractivity contribution < 1.29 is 27.5 Å². The van der Waals surface area contributed by atoms with Crippen LogP contribution in [0.1, 0.15) is 22.8 Å². The Balaban J connectivity index is 1.59. The molecule has 1 fully saturated rings. The second-order valence-corrected chi connectivity index (χ2v) is 9.10. The first-order valence-corrected chi connectivity index (χ1v) is 11.7. The molecule has 2 aromatic rings. The molecule has 0 bridgehead atoms. The van der Waals surface area contributed by atoms with Crippen LogP contribution in [0.4, 0.5) is 0 Å². The van der Waals surface area contributed by atoms with Gasteiger partial charge in [0.15, 0.2) is 6.10 Å². The quantitative estimate of drug-likeness (QED) is 0.616. The number of rotatable bonds is 7. The minimum atomic E-state index is -4.02. The van der Waals surface area contributed by atoms with E-state index in [0.29, 0.717) is 26.2 Å². The normalized spacial score (nSPS) is 15.8. The Morgan fingerprint density at radius 2 is 1.72 bits per heavy atom. The molecule has 0 aliphatic carbocycles. The highest BCUT2D eigenvalue weighted by atomic mass is 32.2. The number of nitrogens with zero attached hydrogens (tertiary/aromatic N) is 2. The second-order valence-electron chi connectivity index (χ2n) is 7.54. The fourth-order valence-electron chi connectivity index (χ4n) is 3.52. The van der Waals surface area contributed by atoms with Crippen molar-refractivity contribution in [3.05, 3.63) is 59.7 Å². The average molecular weight is 462 g/mol. The van der Waals surface area contributed by atoms with Crippen LogP contribution in [0, 0.1) is 0 Å². The van der Waals surface area contributed by atoms with Gasteiger partial charge in [-0.2, -0.15) is 0 Å². The van der Waals surface area contributed by atoms with Crippen LogP contribution in [-0.2, 0) is 26.1 Å². The van der Waals surface area contributed by atoms with Gasteiger partial charge < -0.3 is 14.4 Å². The van der Waals surface area contributed by atoms with Gasteiger partial charge in [-0.15, -0.1) is 0 Å². The third-order valence-corrected chi connectivity index (χ3v) is 6.19. The standard InChI is InChI=1S/C22H27N3O6S/c1-16(31-22(27)19-14-18(32(23,28)29)8-9-20(19)30-2)21(26)25-12-10-24(11-13-25)15-17-6-4-3-5-7-17/h3-9,14,16H,10-13,15H2,1-2H3,(H2,23,28,29). The zero-order chi connectivity index (χ0) is 23.3. The summed E-state index contributed by atoms with van der Waals surface area (Å²) in [5.41, 5.74) is 1.09. The number of esters is 1. The summed E-state index contributed by atoms with van der Waals surface area (Å²) in [4.78, 5) is 29.1. The molecule has 0 saturated carbocycles. The number of primary sulfonamides is 1. The van der Waals surface area contributed by atoms with Gasteiger partial charge in [-0.05, 0) is 30.7 Å². The summed E-state index contributed by atoms with van der Waals surface area (Å²) in [5, 5.41) is 5.14. The maximum atomic E-state index is 12.8. The molecule has 1 saturated heterocycles. The minimum Gasteiger partial charge on any atom is -0.496 e. The molecule has 9 nitrogen and oxygen atoms in total. The van der Waals surface area contributed by atoms with Gasteiger partial charge in [0.2, 0.25) is 10.0 Å². The van der Waals surface area contributed by atoms with Gasteiger partial charge >= 0.3 is 5.97 Å². The number of piperazine rings is 1. The number of carbonyl (C=O) groups excluding carboxylic acids is 2. The zero-order valence-electron chi connectivity index (χ0n) is 18.1. The van der Waals surface area contributed by atoms with E-state index in [1.807, 2.05) is 18.2 Å². The lowest BCUT2D eigenvalue weighted by atomic mass is 10.2. The monoisotopic (exact) mass is 461 g/mol. The predicted octanol–water partition coefficient (Wildman–Crippen LogP) is 1.23. The minimum absolute atomic E-state index is 0.119. The molecule has 1 aliphatic rings. The lowest BCUT2D eigenvalue weighted by Crippen LogP contribution is -2.51. The number of hydrogen-bond donors (Lipinski definition) is 1. The summed E-state index contributed by atoms with van der Waals surface area (Å²) in [5.74, 6) is -1.05. The average Bonchev–Trinajstić information content (AvgIpc) is 2.78. The van der Waals surface area contributed by atoms with Crippen molar-refractivity contribution in [2.75, 3.05) is 33.3 Å². The maximum Gasteiger partial charge on any atom is 0.342 e. The van der Waals surface area contributed by atoms with Gasteiger partial charge in [0.25, 0.3) is 5.91 Å². The molecule has 32 heavy (non-hydrogen) atoms. The summed E-state index contributed by atoms with van der Waals surface area (Å²) < 4.78 is 33.7. The van der Waals surface area contributed by atoms with Crippen molar-refractivity contribution in [1.29, 1.82) is 0 Å². The topological polar surface area (TPSA) is 119 Å². The second kappa shape index (κ2) is 10.1. The molecule has 1 atom stereocenters. The summed E-state index contributed by atoms with van der Waals surface area (Å²) in [7, 11) is -2.68. The number of nitrogens with two attached hydrogens (primary N) is 1. The van der Waals surface area contributed by atoms with Gasteiger partial charge in [0.05, 0.1) is 12.0 Å². The molecule has 3 rings (SSSR count). The first-order chi connectivity index (χ1) is 15.2. The largest absolute Gasteiger partial charge is 0.496 e. The smallest absolute Gasteiger partial charge is 0.342 e. The molecule has 10 heteroatoms. The summed E-state index contributed by atoms with van der Waals surface area (Å²) in [6.45, 7) is 4.78. The van der Waals surface area contributed by atoms with E-state index >= 15 is 0 Å². The Morgan fingerprint density at radius 1 is 1.06 bits per heavy atom. The van der Waals surface area contributed by atoms with E-state index in [0.717, 1.165) is 12.6 Å². The van der Waals surface area contributed by atoms with Crippen LogP contribution in [-0.4, -0.2) is 69.5 Å². The zero-order valence-corrected chi connectivity index (χ0v) is 18.9. The van der Waals surface area contributed by atoms with Gasteiger partial charge in [-0.3, -0.25) is 9.69 Å². The summed E-state index contributed by atoms with van der Waals surface area (Å²) >= 11 is 0. The molecule has 1 aliphatic heterocycles. The van der Waals surface area contributed by atoms with Gasteiger partial charge in [-0.25, -0.2) is 18.4 Å². The third-order valence-electron chi connectivity index (χ3n) is 5.28. The molecular weight excluding hydrogens is 434 g/mol. The number of amides is 1. The number of methoxy groups -OCH3 is 1. The van der Waals surface area contributed by atoms with Crippen LogP contribution in [0.15, 0.2) is 53.4 Å².